The summed E-state index contributed by atoms with van der Waals surface area (Å²) in [5, 5.41) is 5.07. The average Bonchev–Trinajstić information content (AvgIpc) is 3.08. The minimum absolute atomic E-state index is 0.218. The van der Waals surface area contributed by atoms with Crippen LogP contribution in [0.3, 0.4) is 0 Å². The van der Waals surface area contributed by atoms with Gasteiger partial charge in [0, 0.05) is 16.9 Å². The molecule has 3 aromatic carbocycles. The van der Waals surface area contributed by atoms with Gasteiger partial charge in [-0.3, -0.25) is 14.4 Å². The Morgan fingerprint density at radius 3 is 2.33 bits per heavy atom. The van der Waals surface area contributed by atoms with Crippen LogP contribution in [0.25, 0.3) is 0 Å². The summed E-state index contributed by atoms with van der Waals surface area (Å²) in [6.07, 6.45) is 0. The molecule has 3 amide bonds. The third kappa shape index (κ3) is 4.96. The molecule has 36 heavy (non-hydrogen) atoms. The zero-order valence-corrected chi connectivity index (χ0v) is 19.6. The van der Waals surface area contributed by atoms with Crippen molar-refractivity contribution in [2.24, 2.45) is 0 Å². The van der Waals surface area contributed by atoms with E-state index in [2.05, 4.69) is 10.6 Å². The highest BCUT2D eigenvalue weighted by Crippen LogP contribution is 2.31. The van der Waals surface area contributed by atoms with Crippen molar-refractivity contribution in [3.63, 3.8) is 0 Å². The van der Waals surface area contributed by atoms with Crippen molar-refractivity contribution in [3.05, 3.63) is 100 Å². The van der Waals surface area contributed by atoms with Gasteiger partial charge >= 0.3 is 5.97 Å². The largest absolute Gasteiger partial charge is 0.462 e. The van der Waals surface area contributed by atoms with Crippen molar-refractivity contribution < 1.29 is 28.3 Å². The zero-order valence-electron chi connectivity index (χ0n) is 18.9. The van der Waals surface area contributed by atoms with Gasteiger partial charge in [-0.15, -0.1) is 0 Å². The van der Waals surface area contributed by atoms with Gasteiger partial charge in [0.25, 0.3) is 17.7 Å². The summed E-state index contributed by atoms with van der Waals surface area (Å²) in [6.45, 7) is 1.96. The Morgan fingerprint density at radius 2 is 1.64 bits per heavy atom. The summed E-state index contributed by atoms with van der Waals surface area (Å²) in [7, 11) is 0. The number of imide groups is 1. The molecule has 0 bridgehead atoms. The van der Waals surface area contributed by atoms with Gasteiger partial charge in [-0.25, -0.2) is 14.1 Å². The summed E-state index contributed by atoms with van der Waals surface area (Å²) < 4.78 is 19.1. The van der Waals surface area contributed by atoms with Gasteiger partial charge in [0.1, 0.15) is 16.5 Å². The van der Waals surface area contributed by atoms with Gasteiger partial charge in [0.05, 0.1) is 17.9 Å². The molecule has 0 radical (unpaired) electrons. The Hall–Kier alpha value is -4.50. The molecule has 2 N–H and O–H groups in total. The maximum absolute atomic E-state index is 14.2. The fourth-order valence-electron chi connectivity index (χ4n) is 3.45. The predicted molar refractivity (Wildman–Crippen MR) is 132 cm³/mol. The third-order valence-electron chi connectivity index (χ3n) is 5.17. The van der Waals surface area contributed by atoms with Crippen LogP contribution >= 0.6 is 11.6 Å². The van der Waals surface area contributed by atoms with E-state index in [4.69, 9.17) is 16.3 Å². The number of carbonyl (C=O) groups is 4. The summed E-state index contributed by atoms with van der Waals surface area (Å²) in [5.41, 5.74) is 0.904. The van der Waals surface area contributed by atoms with Crippen LogP contribution in [0.2, 0.25) is 0 Å². The van der Waals surface area contributed by atoms with Crippen molar-refractivity contribution in [1.82, 2.24) is 0 Å². The molecule has 0 spiro atoms. The fraction of sp³-hybridized carbons (Fsp3) is 0.0769. The number of anilines is 3. The molecule has 8 nitrogen and oxygen atoms in total. The lowest BCUT2D eigenvalue weighted by Gasteiger charge is -2.15. The Kier molecular flexibility index (Phi) is 7.12. The quantitative estimate of drug-likeness (QED) is 0.355. The van der Waals surface area contributed by atoms with E-state index < -0.39 is 34.5 Å². The van der Waals surface area contributed by atoms with Crippen LogP contribution < -0.4 is 15.5 Å². The van der Waals surface area contributed by atoms with E-state index in [-0.39, 0.29) is 23.6 Å². The van der Waals surface area contributed by atoms with Crippen LogP contribution in [0.1, 0.15) is 27.6 Å². The second-order valence-corrected chi connectivity index (χ2v) is 7.92. The molecule has 182 valence electrons. The summed E-state index contributed by atoms with van der Waals surface area (Å²) in [4.78, 5) is 50.6. The number of rotatable bonds is 7. The molecular formula is C26H19ClFN3O5. The Balaban J connectivity index is 1.49. The first-order chi connectivity index (χ1) is 17.3. The highest BCUT2D eigenvalue weighted by Gasteiger charge is 2.40. The number of esters is 1. The SMILES string of the molecule is CCOC(=O)c1ccc(NC(=O)c2cccc(NC3=C(Cl)C(=O)N(c4ccccc4F)C3=O)c2)cc1. The standard InChI is InChI=1S/C26H19ClFN3O5/c1-2-36-26(35)15-10-12-17(13-11-15)30-23(32)16-6-5-7-18(14-16)29-22-21(27)24(33)31(25(22)34)20-9-4-3-8-19(20)28/h3-14,29H,2H2,1H3,(H,30,32). The molecule has 0 unspecified atom stereocenters. The average molecular weight is 508 g/mol. The van der Waals surface area contributed by atoms with Crippen molar-refractivity contribution in [2.75, 3.05) is 22.1 Å². The molecule has 4 rings (SSSR count). The van der Waals surface area contributed by atoms with E-state index in [0.717, 1.165) is 6.07 Å². The number of para-hydroxylation sites is 1. The second kappa shape index (κ2) is 10.4. The van der Waals surface area contributed by atoms with E-state index in [1.54, 1.807) is 37.3 Å². The Labute approximate surface area is 210 Å². The van der Waals surface area contributed by atoms with E-state index in [9.17, 15) is 23.6 Å². The minimum Gasteiger partial charge on any atom is -0.462 e. The number of nitrogens with one attached hydrogen (secondary N) is 2. The molecule has 1 heterocycles. The molecule has 0 fully saturated rings. The number of benzene rings is 3. The molecule has 1 aliphatic rings. The molecule has 0 aromatic heterocycles. The van der Waals surface area contributed by atoms with Crippen LogP contribution in [0, 0.1) is 5.82 Å². The van der Waals surface area contributed by atoms with Gasteiger partial charge < -0.3 is 15.4 Å². The maximum atomic E-state index is 14.2. The van der Waals surface area contributed by atoms with Gasteiger partial charge in [-0.2, -0.15) is 0 Å². The van der Waals surface area contributed by atoms with Crippen molar-refractivity contribution in [3.8, 4) is 0 Å². The van der Waals surface area contributed by atoms with Crippen molar-refractivity contribution in [1.29, 1.82) is 0 Å². The van der Waals surface area contributed by atoms with Gasteiger partial charge in [-0.05, 0) is 61.5 Å². The van der Waals surface area contributed by atoms with E-state index >= 15 is 0 Å². The lowest BCUT2D eigenvalue weighted by atomic mass is 10.1. The van der Waals surface area contributed by atoms with Crippen molar-refractivity contribution in [2.45, 2.75) is 6.92 Å². The van der Waals surface area contributed by atoms with Crippen molar-refractivity contribution >= 4 is 52.4 Å². The van der Waals surface area contributed by atoms with Gasteiger partial charge in [0.2, 0.25) is 0 Å². The summed E-state index contributed by atoms with van der Waals surface area (Å²) >= 11 is 6.11. The normalized spacial score (nSPS) is 13.1. The lowest BCUT2D eigenvalue weighted by molar-refractivity contribution is -0.120. The predicted octanol–water partition coefficient (Wildman–Crippen LogP) is 4.69. The monoisotopic (exact) mass is 507 g/mol. The van der Waals surface area contributed by atoms with Crippen LogP contribution in [-0.2, 0) is 14.3 Å². The lowest BCUT2D eigenvalue weighted by Crippen LogP contribution is -2.33. The van der Waals surface area contributed by atoms with E-state index in [0.29, 0.717) is 21.8 Å². The minimum atomic E-state index is -0.866. The number of ether oxygens (including phenoxy) is 1. The van der Waals surface area contributed by atoms with Gasteiger partial charge in [-0.1, -0.05) is 29.8 Å². The first kappa shape index (κ1) is 24.6. The fourth-order valence-corrected chi connectivity index (χ4v) is 3.67. The Morgan fingerprint density at radius 1 is 0.917 bits per heavy atom. The Bertz CT molecular complexity index is 1400. The molecule has 0 saturated heterocycles. The first-order valence-electron chi connectivity index (χ1n) is 10.8. The molecule has 3 aromatic rings. The van der Waals surface area contributed by atoms with Crippen LogP contribution in [-0.4, -0.2) is 30.3 Å². The third-order valence-corrected chi connectivity index (χ3v) is 5.52. The van der Waals surface area contributed by atoms with Crippen LogP contribution in [0.15, 0.2) is 83.5 Å². The summed E-state index contributed by atoms with van der Waals surface area (Å²) in [5.74, 6) is -3.36. The summed E-state index contributed by atoms with van der Waals surface area (Å²) in [6, 6.07) is 17.7. The second-order valence-electron chi connectivity index (χ2n) is 7.54. The number of halogens is 2. The smallest absolute Gasteiger partial charge is 0.338 e. The number of hydrogen-bond donors (Lipinski definition) is 2. The number of hydrogen-bond acceptors (Lipinski definition) is 6. The highest BCUT2D eigenvalue weighted by atomic mass is 35.5. The van der Waals surface area contributed by atoms with E-state index in [1.807, 2.05) is 0 Å². The van der Waals surface area contributed by atoms with Crippen LogP contribution in [0.4, 0.5) is 21.5 Å². The molecule has 1 aliphatic heterocycles. The van der Waals surface area contributed by atoms with Crippen LogP contribution in [0.5, 0.6) is 0 Å². The molecule has 10 heteroatoms. The molecule has 0 atom stereocenters. The molecule has 0 aliphatic carbocycles. The number of nitrogens with zero attached hydrogens (tertiary/aromatic N) is 1. The zero-order chi connectivity index (χ0) is 25.8. The topological polar surface area (TPSA) is 105 Å². The van der Waals surface area contributed by atoms with E-state index in [1.165, 1.54) is 36.4 Å². The highest BCUT2D eigenvalue weighted by molar-refractivity contribution is 6.53. The molecule has 0 saturated carbocycles. The van der Waals surface area contributed by atoms with Gasteiger partial charge in [0.15, 0.2) is 0 Å². The number of amides is 3. The maximum Gasteiger partial charge on any atom is 0.338 e. The molecular weight excluding hydrogens is 489 g/mol. The number of carbonyl (C=O) groups excluding carboxylic acids is 4. The first-order valence-corrected chi connectivity index (χ1v) is 11.2.